The molecular weight excluding hydrogens is 186 g/mol. The van der Waals surface area contributed by atoms with Gasteiger partial charge in [-0.15, -0.1) is 0 Å². The fraction of sp³-hybridized carbons (Fsp3) is 0.462. The van der Waals surface area contributed by atoms with Crippen molar-refractivity contribution in [3.05, 3.63) is 35.9 Å². The van der Waals surface area contributed by atoms with Crippen LogP contribution in [0.4, 0.5) is 0 Å². The van der Waals surface area contributed by atoms with Gasteiger partial charge in [-0.05, 0) is 18.9 Å². The Labute approximate surface area is 91.5 Å². The van der Waals surface area contributed by atoms with E-state index in [1.807, 2.05) is 44.2 Å². The molecule has 0 heterocycles. The third kappa shape index (κ3) is 3.48. The molecule has 0 aliphatic carbocycles. The first kappa shape index (κ1) is 11.9. The summed E-state index contributed by atoms with van der Waals surface area (Å²) >= 11 is 0. The molecular formula is C13H19NO. The van der Waals surface area contributed by atoms with E-state index >= 15 is 0 Å². The van der Waals surface area contributed by atoms with Gasteiger partial charge < -0.3 is 5.73 Å². The van der Waals surface area contributed by atoms with E-state index in [1.54, 1.807) is 0 Å². The van der Waals surface area contributed by atoms with E-state index in [4.69, 9.17) is 5.73 Å². The lowest BCUT2D eigenvalue weighted by Gasteiger charge is -2.22. The summed E-state index contributed by atoms with van der Waals surface area (Å²) in [7, 11) is 0. The van der Waals surface area contributed by atoms with Gasteiger partial charge in [0.05, 0.1) is 5.54 Å². The van der Waals surface area contributed by atoms with Gasteiger partial charge in [0.15, 0.2) is 5.78 Å². The minimum atomic E-state index is -0.676. The number of hydrogen-bond acceptors (Lipinski definition) is 2. The van der Waals surface area contributed by atoms with Crippen LogP contribution in [0.2, 0.25) is 0 Å². The van der Waals surface area contributed by atoms with Gasteiger partial charge >= 0.3 is 0 Å². The number of carbonyl (C=O) groups excluding carboxylic acids is 1. The maximum Gasteiger partial charge on any atom is 0.156 e. The predicted molar refractivity (Wildman–Crippen MR) is 62.7 cm³/mol. The van der Waals surface area contributed by atoms with Crippen molar-refractivity contribution in [2.45, 2.75) is 38.6 Å². The highest BCUT2D eigenvalue weighted by atomic mass is 16.1. The zero-order valence-corrected chi connectivity index (χ0v) is 9.49. The number of rotatable bonds is 5. The maximum atomic E-state index is 11.9. The molecule has 0 fully saturated rings. The van der Waals surface area contributed by atoms with Crippen LogP contribution >= 0.6 is 0 Å². The van der Waals surface area contributed by atoms with E-state index in [-0.39, 0.29) is 5.78 Å². The van der Waals surface area contributed by atoms with Gasteiger partial charge in [-0.1, -0.05) is 43.7 Å². The van der Waals surface area contributed by atoms with E-state index in [0.717, 1.165) is 18.4 Å². The molecule has 1 aromatic rings. The first-order valence-electron chi connectivity index (χ1n) is 5.42. The summed E-state index contributed by atoms with van der Waals surface area (Å²) in [5.41, 5.74) is 6.33. The average Bonchev–Trinajstić information content (AvgIpc) is 2.19. The fourth-order valence-electron chi connectivity index (χ4n) is 1.64. The van der Waals surface area contributed by atoms with Crippen molar-refractivity contribution in [1.29, 1.82) is 0 Å². The average molecular weight is 205 g/mol. The summed E-state index contributed by atoms with van der Waals surface area (Å²) in [5.74, 6) is 0.121. The Kier molecular flexibility index (Phi) is 4.04. The van der Waals surface area contributed by atoms with Crippen LogP contribution in [0.5, 0.6) is 0 Å². The SMILES string of the molecule is CCCC(C)(N)C(=O)Cc1ccccc1. The highest BCUT2D eigenvalue weighted by Crippen LogP contribution is 2.13. The molecule has 1 aromatic carbocycles. The summed E-state index contributed by atoms with van der Waals surface area (Å²) in [6.45, 7) is 3.86. The molecule has 1 unspecified atom stereocenters. The molecule has 2 heteroatoms. The van der Waals surface area contributed by atoms with E-state index in [2.05, 4.69) is 0 Å². The number of ketones is 1. The van der Waals surface area contributed by atoms with E-state index in [1.165, 1.54) is 0 Å². The van der Waals surface area contributed by atoms with Crippen molar-refractivity contribution in [3.8, 4) is 0 Å². The van der Waals surface area contributed by atoms with Crippen LogP contribution in [0.3, 0.4) is 0 Å². The monoisotopic (exact) mass is 205 g/mol. The van der Waals surface area contributed by atoms with Gasteiger partial charge in [0.25, 0.3) is 0 Å². The van der Waals surface area contributed by atoms with Crippen LogP contribution in [-0.2, 0) is 11.2 Å². The zero-order valence-electron chi connectivity index (χ0n) is 9.49. The molecule has 0 aromatic heterocycles. The van der Waals surface area contributed by atoms with Crippen molar-refractivity contribution in [2.75, 3.05) is 0 Å². The van der Waals surface area contributed by atoms with Crippen LogP contribution in [0.25, 0.3) is 0 Å². The minimum absolute atomic E-state index is 0.121. The van der Waals surface area contributed by atoms with Crippen molar-refractivity contribution in [2.24, 2.45) is 5.73 Å². The standard InChI is InChI=1S/C13H19NO/c1-3-9-13(2,14)12(15)10-11-7-5-4-6-8-11/h4-8H,3,9-10,14H2,1-2H3. The first-order chi connectivity index (χ1) is 7.06. The molecule has 1 rings (SSSR count). The molecule has 0 saturated heterocycles. The summed E-state index contributed by atoms with van der Waals surface area (Å²) in [4.78, 5) is 11.9. The Hall–Kier alpha value is -1.15. The molecule has 0 saturated carbocycles. The zero-order chi connectivity index (χ0) is 11.3. The normalized spacial score (nSPS) is 14.6. The van der Waals surface area contributed by atoms with Gasteiger partial charge in [-0.25, -0.2) is 0 Å². The summed E-state index contributed by atoms with van der Waals surface area (Å²) in [5, 5.41) is 0. The van der Waals surface area contributed by atoms with Crippen molar-refractivity contribution in [1.82, 2.24) is 0 Å². The number of benzene rings is 1. The van der Waals surface area contributed by atoms with Gasteiger partial charge in [0.1, 0.15) is 0 Å². The summed E-state index contributed by atoms with van der Waals surface area (Å²) < 4.78 is 0. The second-order valence-electron chi connectivity index (χ2n) is 4.25. The Bertz CT molecular complexity index is 317. The van der Waals surface area contributed by atoms with Crippen LogP contribution < -0.4 is 5.73 Å². The molecule has 0 radical (unpaired) electrons. The van der Waals surface area contributed by atoms with Crippen LogP contribution in [0.1, 0.15) is 32.3 Å². The highest BCUT2D eigenvalue weighted by Gasteiger charge is 2.26. The molecule has 0 bridgehead atoms. The third-order valence-electron chi connectivity index (χ3n) is 2.61. The second kappa shape index (κ2) is 5.08. The Morgan fingerprint density at radius 3 is 2.47 bits per heavy atom. The van der Waals surface area contributed by atoms with Crippen LogP contribution in [0, 0.1) is 0 Å². The second-order valence-corrected chi connectivity index (χ2v) is 4.25. The fourth-order valence-corrected chi connectivity index (χ4v) is 1.64. The summed E-state index contributed by atoms with van der Waals surface area (Å²) in [6.07, 6.45) is 2.13. The van der Waals surface area contributed by atoms with Gasteiger partial charge in [0, 0.05) is 6.42 Å². The van der Waals surface area contributed by atoms with Gasteiger partial charge in [-0.2, -0.15) is 0 Å². The van der Waals surface area contributed by atoms with Crippen molar-refractivity contribution < 1.29 is 4.79 Å². The molecule has 82 valence electrons. The lowest BCUT2D eigenvalue weighted by Crippen LogP contribution is -2.45. The predicted octanol–water partition coefficient (Wildman–Crippen LogP) is 2.32. The Morgan fingerprint density at radius 1 is 1.33 bits per heavy atom. The van der Waals surface area contributed by atoms with Crippen LogP contribution in [-0.4, -0.2) is 11.3 Å². The molecule has 0 aliphatic rings. The lowest BCUT2D eigenvalue weighted by molar-refractivity contribution is -0.123. The van der Waals surface area contributed by atoms with Crippen LogP contribution in [0.15, 0.2) is 30.3 Å². The third-order valence-corrected chi connectivity index (χ3v) is 2.61. The smallest absolute Gasteiger partial charge is 0.156 e. The van der Waals surface area contributed by atoms with Crippen molar-refractivity contribution >= 4 is 5.78 Å². The number of hydrogen-bond donors (Lipinski definition) is 1. The molecule has 0 spiro atoms. The van der Waals surface area contributed by atoms with E-state index in [9.17, 15) is 4.79 Å². The van der Waals surface area contributed by atoms with E-state index in [0.29, 0.717) is 6.42 Å². The minimum Gasteiger partial charge on any atom is -0.319 e. The molecule has 2 nitrogen and oxygen atoms in total. The molecule has 15 heavy (non-hydrogen) atoms. The number of nitrogens with two attached hydrogens (primary N) is 1. The first-order valence-corrected chi connectivity index (χ1v) is 5.42. The highest BCUT2D eigenvalue weighted by molar-refractivity contribution is 5.89. The number of Topliss-reactive ketones (excluding diaryl/α,β-unsaturated/α-hetero) is 1. The van der Waals surface area contributed by atoms with Gasteiger partial charge in [0.2, 0.25) is 0 Å². The summed E-state index contributed by atoms with van der Waals surface area (Å²) in [6, 6.07) is 9.74. The largest absolute Gasteiger partial charge is 0.319 e. The number of carbonyl (C=O) groups is 1. The molecule has 0 aliphatic heterocycles. The molecule has 0 amide bonds. The molecule has 1 atom stereocenters. The quantitative estimate of drug-likeness (QED) is 0.801. The van der Waals surface area contributed by atoms with E-state index < -0.39 is 5.54 Å². The topological polar surface area (TPSA) is 43.1 Å². The Balaban J connectivity index is 2.63. The maximum absolute atomic E-state index is 11.9. The molecule has 2 N–H and O–H groups in total. The van der Waals surface area contributed by atoms with Crippen molar-refractivity contribution in [3.63, 3.8) is 0 Å². The Morgan fingerprint density at radius 2 is 1.93 bits per heavy atom. The van der Waals surface area contributed by atoms with Gasteiger partial charge in [-0.3, -0.25) is 4.79 Å². The lowest BCUT2D eigenvalue weighted by atomic mass is 9.89.